The van der Waals surface area contributed by atoms with E-state index in [2.05, 4.69) is 18.8 Å². The molecular weight excluding hydrogens is 190 g/mol. The third-order valence-corrected chi connectivity index (χ3v) is 2.12. The van der Waals surface area contributed by atoms with Gasteiger partial charge in [0, 0.05) is 0 Å². The van der Waals surface area contributed by atoms with E-state index >= 15 is 0 Å². The van der Waals surface area contributed by atoms with Crippen molar-refractivity contribution in [1.82, 2.24) is 0 Å². The minimum absolute atomic E-state index is 0.562. The molecule has 0 aromatic rings. The lowest BCUT2D eigenvalue weighted by Crippen LogP contribution is -1.91. The maximum absolute atomic E-state index is 9.76. The van der Waals surface area contributed by atoms with Gasteiger partial charge in [-0.15, -0.1) is 0 Å². The average Bonchev–Trinajstić information content (AvgIpc) is 2.26. The smallest absolute Gasteiger partial charge is 0.234 e. The number of allylic oxidation sites excluding steroid dienone is 1. The van der Waals surface area contributed by atoms with Gasteiger partial charge in [-0.25, -0.2) is 9.79 Å². The summed E-state index contributed by atoms with van der Waals surface area (Å²) in [6, 6.07) is 0. The Morgan fingerprint density at radius 3 is 2.80 bits per heavy atom. The summed E-state index contributed by atoms with van der Waals surface area (Å²) >= 11 is 0. The maximum Gasteiger partial charge on any atom is 0.234 e. The van der Waals surface area contributed by atoms with E-state index in [4.69, 9.17) is 4.74 Å². The third kappa shape index (κ3) is 9.23. The number of unbranched alkanes of at least 4 members (excludes halogenated alkanes) is 1. The van der Waals surface area contributed by atoms with Crippen molar-refractivity contribution in [2.24, 2.45) is 4.99 Å². The number of rotatable bonds is 9. The minimum Gasteiger partial charge on any atom is -0.501 e. The van der Waals surface area contributed by atoms with Crippen LogP contribution in [0, 0.1) is 0 Å². The summed E-state index contributed by atoms with van der Waals surface area (Å²) < 4.78 is 5.42. The molecule has 0 atom stereocenters. The number of hydrogen-bond donors (Lipinski definition) is 0. The van der Waals surface area contributed by atoms with Crippen LogP contribution in [0.5, 0.6) is 0 Å². The van der Waals surface area contributed by atoms with E-state index in [1.807, 2.05) is 6.26 Å². The molecule has 86 valence electrons. The first kappa shape index (κ1) is 13.9. The maximum atomic E-state index is 9.76. The summed E-state index contributed by atoms with van der Waals surface area (Å²) in [7, 11) is 0. The van der Waals surface area contributed by atoms with Crippen LogP contribution in [0.15, 0.2) is 16.8 Å². The molecule has 0 fully saturated rings. The molecule has 0 radical (unpaired) electrons. The SMILES string of the molecule is CCCC(=COCCCCN=C=O)CC. The molecule has 3 nitrogen and oxygen atoms in total. The van der Waals surface area contributed by atoms with Crippen LogP contribution < -0.4 is 0 Å². The fourth-order valence-electron chi connectivity index (χ4n) is 1.24. The summed E-state index contributed by atoms with van der Waals surface area (Å²) in [4.78, 5) is 13.2. The van der Waals surface area contributed by atoms with E-state index in [9.17, 15) is 4.79 Å². The average molecular weight is 211 g/mol. The van der Waals surface area contributed by atoms with E-state index in [1.54, 1.807) is 0 Å². The van der Waals surface area contributed by atoms with Gasteiger partial charge in [-0.3, -0.25) is 0 Å². The zero-order valence-electron chi connectivity index (χ0n) is 9.79. The van der Waals surface area contributed by atoms with Crippen molar-refractivity contribution in [3.8, 4) is 0 Å². The number of carbonyl (C=O) groups excluding carboxylic acids is 1. The highest BCUT2D eigenvalue weighted by Crippen LogP contribution is 2.09. The van der Waals surface area contributed by atoms with Crippen molar-refractivity contribution in [1.29, 1.82) is 0 Å². The standard InChI is InChI=1S/C12H21NO2/c1-3-7-12(4-2)10-15-9-6-5-8-13-11-14/h10H,3-9H2,1-2H3. The molecule has 0 aliphatic carbocycles. The second-order valence-corrected chi connectivity index (χ2v) is 3.43. The predicted molar refractivity (Wildman–Crippen MR) is 61.5 cm³/mol. The van der Waals surface area contributed by atoms with Crippen LogP contribution in [-0.4, -0.2) is 19.2 Å². The lowest BCUT2D eigenvalue weighted by atomic mass is 10.1. The van der Waals surface area contributed by atoms with Gasteiger partial charge in [-0.2, -0.15) is 0 Å². The van der Waals surface area contributed by atoms with Crippen molar-refractivity contribution >= 4 is 6.08 Å². The molecule has 0 N–H and O–H groups in total. The zero-order valence-corrected chi connectivity index (χ0v) is 9.79. The lowest BCUT2D eigenvalue weighted by molar-refractivity contribution is 0.238. The molecule has 0 aliphatic rings. The van der Waals surface area contributed by atoms with Gasteiger partial charge in [0.25, 0.3) is 0 Å². The van der Waals surface area contributed by atoms with Crippen molar-refractivity contribution in [3.05, 3.63) is 11.8 Å². The number of hydrogen-bond acceptors (Lipinski definition) is 3. The first-order valence-corrected chi connectivity index (χ1v) is 5.68. The first-order chi connectivity index (χ1) is 7.35. The third-order valence-electron chi connectivity index (χ3n) is 2.12. The van der Waals surface area contributed by atoms with Gasteiger partial charge in [-0.05, 0) is 31.3 Å². The van der Waals surface area contributed by atoms with E-state index in [0.717, 1.165) is 32.1 Å². The molecule has 0 amide bonds. The van der Waals surface area contributed by atoms with Crippen molar-refractivity contribution < 1.29 is 9.53 Å². The summed E-state index contributed by atoms with van der Waals surface area (Å²) in [5.41, 5.74) is 1.36. The molecule has 0 saturated heterocycles. The van der Waals surface area contributed by atoms with Crippen molar-refractivity contribution in [2.45, 2.75) is 46.0 Å². The van der Waals surface area contributed by atoms with E-state index in [0.29, 0.717) is 13.2 Å². The van der Waals surface area contributed by atoms with Crippen molar-refractivity contribution in [3.63, 3.8) is 0 Å². The largest absolute Gasteiger partial charge is 0.501 e. The quantitative estimate of drug-likeness (QED) is 0.254. The molecule has 0 rings (SSSR count). The van der Waals surface area contributed by atoms with Gasteiger partial charge in [-0.1, -0.05) is 20.3 Å². The Hall–Kier alpha value is -1.08. The Bertz CT molecular complexity index is 218. The number of aliphatic imine (C=N–C) groups is 1. The number of isocyanates is 1. The summed E-state index contributed by atoms with van der Waals surface area (Å²) in [6.07, 6.45) is 8.57. The molecule has 0 saturated carbocycles. The molecular formula is C12H21NO2. The second kappa shape index (κ2) is 11.0. The molecule has 3 heteroatoms. The van der Waals surface area contributed by atoms with Crippen LogP contribution in [0.2, 0.25) is 0 Å². The zero-order chi connectivity index (χ0) is 11.4. The molecule has 0 aromatic heterocycles. The first-order valence-electron chi connectivity index (χ1n) is 5.68. The van der Waals surface area contributed by atoms with E-state index in [-0.39, 0.29) is 0 Å². The molecule has 0 unspecified atom stereocenters. The van der Waals surface area contributed by atoms with Crippen molar-refractivity contribution in [2.75, 3.05) is 13.2 Å². The van der Waals surface area contributed by atoms with Crippen LogP contribution in [0.4, 0.5) is 0 Å². The van der Waals surface area contributed by atoms with E-state index in [1.165, 1.54) is 11.7 Å². The molecule has 0 spiro atoms. The van der Waals surface area contributed by atoms with Crippen LogP contribution in [0.1, 0.15) is 46.0 Å². The minimum atomic E-state index is 0.562. The fourth-order valence-corrected chi connectivity index (χ4v) is 1.24. The topological polar surface area (TPSA) is 38.7 Å². The summed E-state index contributed by atoms with van der Waals surface area (Å²) in [5.74, 6) is 0. The molecule has 0 aliphatic heterocycles. The lowest BCUT2D eigenvalue weighted by Gasteiger charge is -2.04. The molecule has 0 aromatic carbocycles. The van der Waals surface area contributed by atoms with Crippen LogP contribution >= 0.6 is 0 Å². The molecule has 15 heavy (non-hydrogen) atoms. The number of ether oxygens (including phenoxy) is 1. The van der Waals surface area contributed by atoms with E-state index < -0.39 is 0 Å². The molecule has 0 heterocycles. The van der Waals surface area contributed by atoms with Gasteiger partial charge in [0.05, 0.1) is 19.4 Å². The normalized spacial score (nSPS) is 10.9. The Balaban J connectivity index is 3.45. The summed E-state index contributed by atoms with van der Waals surface area (Å²) in [6.45, 7) is 5.58. The fraction of sp³-hybridized carbons (Fsp3) is 0.750. The Kier molecular flexibility index (Phi) is 10.2. The highest BCUT2D eigenvalue weighted by Gasteiger charge is 1.92. The second-order valence-electron chi connectivity index (χ2n) is 3.43. The van der Waals surface area contributed by atoms with Gasteiger partial charge in [0.2, 0.25) is 6.08 Å². The van der Waals surface area contributed by atoms with Crippen LogP contribution in [0.25, 0.3) is 0 Å². The number of nitrogens with zero attached hydrogens (tertiary/aromatic N) is 1. The highest BCUT2D eigenvalue weighted by molar-refractivity contribution is 5.32. The predicted octanol–water partition coefficient (Wildman–Crippen LogP) is 3.21. The van der Waals surface area contributed by atoms with Crippen LogP contribution in [0.3, 0.4) is 0 Å². The van der Waals surface area contributed by atoms with Gasteiger partial charge >= 0.3 is 0 Å². The van der Waals surface area contributed by atoms with Gasteiger partial charge < -0.3 is 4.74 Å². The van der Waals surface area contributed by atoms with Gasteiger partial charge in [0.15, 0.2) is 0 Å². The summed E-state index contributed by atoms with van der Waals surface area (Å²) in [5, 5.41) is 0. The Morgan fingerprint density at radius 1 is 1.40 bits per heavy atom. The molecule has 0 bridgehead atoms. The van der Waals surface area contributed by atoms with Crippen LogP contribution in [-0.2, 0) is 9.53 Å². The monoisotopic (exact) mass is 211 g/mol. The highest BCUT2D eigenvalue weighted by atomic mass is 16.5. The Morgan fingerprint density at radius 2 is 2.20 bits per heavy atom. The Labute approximate surface area is 92.2 Å². The van der Waals surface area contributed by atoms with Gasteiger partial charge in [0.1, 0.15) is 0 Å².